The Kier molecular flexibility index (Phi) is 4.37. The molecule has 0 bridgehead atoms. The standard InChI is InChI=1S/C20H14F3N3O3/c21-20(22,23)19(14-9-5-2-6-10-14)17(27)26(18(28)24-19)12-15-11-16(25-29-15)13-7-3-1-4-8-13/h1-11H,12H2,(H,24,28). The molecule has 1 aliphatic rings. The Labute approximate surface area is 162 Å². The number of amides is 3. The van der Waals surface area contributed by atoms with Crippen molar-refractivity contribution in [3.05, 3.63) is 78.1 Å². The van der Waals surface area contributed by atoms with Crippen LogP contribution >= 0.6 is 0 Å². The van der Waals surface area contributed by atoms with Gasteiger partial charge in [-0.1, -0.05) is 65.8 Å². The summed E-state index contributed by atoms with van der Waals surface area (Å²) in [7, 11) is 0. The topological polar surface area (TPSA) is 75.4 Å². The molecule has 2 aromatic carbocycles. The molecule has 2 heterocycles. The van der Waals surface area contributed by atoms with Gasteiger partial charge in [0, 0.05) is 11.6 Å². The number of imide groups is 1. The quantitative estimate of drug-likeness (QED) is 0.674. The third kappa shape index (κ3) is 3.04. The predicted octanol–water partition coefficient (Wildman–Crippen LogP) is 3.85. The summed E-state index contributed by atoms with van der Waals surface area (Å²) < 4.78 is 47.0. The fourth-order valence-electron chi connectivity index (χ4n) is 3.25. The fraction of sp³-hybridized carbons (Fsp3) is 0.150. The van der Waals surface area contributed by atoms with Crippen LogP contribution in [-0.2, 0) is 16.9 Å². The number of hydrogen-bond donors (Lipinski definition) is 1. The van der Waals surface area contributed by atoms with Crippen LogP contribution in [0, 0.1) is 0 Å². The van der Waals surface area contributed by atoms with Gasteiger partial charge in [-0.15, -0.1) is 0 Å². The first-order valence-electron chi connectivity index (χ1n) is 8.60. The van der Waals surface area contributed by atoms with Gasteiger partial charge in [-0.05, 0) is 5.56 Å². The summed E-state index contributed by atoms with van der Waals surface area (Å²) in [6, 6.07) is 15.8. The normalized spacial score (nSPS) is 19.5. The van der Waals surface area contributed by atoms with Crippen LogP contribution < -0.4 is 5.32 Å². The molecule has 1 fully saturated rings. The largest absolute Gasteiger partial charge is 0.425 e. The van der Waals surface area contributed by atoms with Gasteiger partial charge < -0.3 is 9.84 Å². The smallest absolute Gasteiger partial charge is 0.359 e. The van der Waals surface area contributed by atoms with E-state index in [2.05, 4.69) is 5.16 Å². The van der Waals surface area contributed by atoms with E-state index < -0.39 is 30.2 Å². The lowest BCUT2D eigenvalue weighted by molar-refractivity contribution is -0.198. The van der Waals surface area contributed by atoms with Gasteiger partial charge >= 0.3 is 12.2 Å². The third-order valence-corrected chi connectivity index (χ3v) is 4.68. The molecule has 3 amide bonds. The number of nitrogens with one attached hydrogen (secondary N) is 1. The summed E-state index contributed by atoms with van der Waals surface area (Å²) in [5.41, 5.74) is -2.34. The molecule has 148 valence electrons. The maximum absolute atomic E-state index is 14.0. The molecule has 29 heavy (non-hydrogen) atoms. The number of halogens is 3. The summed E-state index contributed by atoms with van der Waals surface area (Å²) in [6.45, 7) is -0.477. The molecule has 9 heteroatoms. The molecule has 0 spiro atoms. The molecular weight excluding hydrogens is 387 g/mol. The van der Waals surface area contributed by atoms with Gasteiger partial charge in [0.1, 0.15) is 5.69 Å². The number of nitrogens with zero attached hydrogens (tertiary/aromatic N) is 2. The van der Waals surface area contributed by atoms with Crippen LogP contribution in [0.25, 0.3) is 11.3 Å². The van der Waals surface area contributed by atoms with Crippen LogP contribution in [0.5, 0.6) is 0 Å². The second-order valence-electron chi connectivity index (χ2n) is 6.48. The van der Waals surface area contributed by atoms with Crippen molar-refractivity contribution in [3.63, 3.8) is 0 Å². The first-order valence-corrected chi connectivity index (χ1v) is 8.60. The van der Waals surface area contributed by atoms with Crippen molar-refractivity contribution in [1.29, 1.82) is 0 Å². The van der Waals surface area contributed by atoms with Crippen molar-refractivity contribution in [3.8, 4) is 11.3 Å². The maximum Gasteiger partial charge on any atom is 0.425 e. The van der Waals surface area contributed by atoms with E-state index in [-0.39, 0.29) is 11.3 Å². The van der Waals surface area contributed by atoms with Gasteiger partial charge in [0.15, 0.2) is 5.76 Å². The van der Waals surface area contributed by atoms with Gasteiger partial charge in [-0.25, -0.2) is 4.79 Å². The molecule has 1 saturated heterocycles. The van der Waals surface area contributed by atoms with E-state index in [1.54, 1.807) is 24.3 Å². The van der Waals surface area contributed by atoms with Crippen molar-refractivity contribution < 1.29 is 27.3 Å². The number of benzene rings is 2. The second kappa shape index (κ2) is 6.77. The van der Waals surface area contributed by atoms with E-state index in [0.717, 1.165) is 17.7 Å². The van der Waals surface area contributed by atoms with E-state index in [1.165, 1.54) is 24.3 Å². The number of alkyl halides is 3. The lowest BCUT2D eigenvalue weighted by atomic mass is 9.89. The van der Waals surface area contributed by atoms with Gasteiger partial charge in [0.05, 0.1) is 6.54 Å². The number of aromatic nitrogens is 1. The molecule has 3 aromatic rings. The fourth-order valence-corrected chi connectivity index (χ4v) is 3.25. The monoisotopic (exact) mass is 401 g/mol. The average molecular weight is 401 g/mol. The maximum atomic E-state index is 14.0. The Morgan fingerprint density at radius 2 is 1.62 bits per heavy atom. The molecule has 1 N–H and O–H groups in total. The van der Waals surface area contributed by atoms with Gasteiger partial charge in [-0.2, -0.15) is 13.2 Å². The van der Waals surface area contributed by atoms with Crippen LogP contribution in [0.4, 0.5) is 18.0 Å². The van der Waals surface area contributed by atoms with Crippen LogP contribution in [0.1, 0.15) is 11.3 Å². The highest BCUT2D eigenvalue weighted by Crippen LogP contribution is 2.43. The minimum atomic E-state index is -5.04. The summed E-state index contributed by atoms with van der Waals surface area (Å²) >= 11 is 0. The Hall–Kier alpha value is -3.62. The molecule has 0 aliphatic carbocycles. The first-order chi connectivity index (χ1) is 13.8. The SMILES string of the molecule is O=C1NC(c2ccccc2)(C(F)(F)F)C(=O)N1Cc1cc(-c2ccccc2)no1. The third-order valence-electron chi connectivity index (χ3n) is 4.68. The van der Waals surface area contributed by atoms with Crippen LogP contribution in [-0.4, -0.2) is 28.2 Å². The summed E-state index contributed by atoms with van der Waals surface area (Å²) in [6.07, 6.45) is -5.04. The summed E-state index contributed by atoms with van der Waals surface area (Å²) in [5, 5.41) is 5.69. The minimum Gasteiger partial charge on any atom is -0.359 e. The molecule has 4 rings (SSSR count). The Balaban J connectivity index is 1.66. The highest BCUT2D eigenvalue weighted by Gasteiger charge is 2.68. The number of carbonyl (C=O) groups excluding carboxylic acids is 2. The van der Waals surface area contributed by atoms with Crippen LogP contribution in [0.15, 0.2) is 71.3 Å². The molecule has 1 atom stereocenters. The Morgan fingerprint density at radius 1 is 1.00 bits per heavy atom. The average Bonchev–Trinajstić information content (AvgIpc) is 3.28. The highest BCUT2D eigenvalue weighted by atomic mass is 19.4. The van der Waals surface area contributed by atoms with E-state index in [0.29, 0.717) is 10.6 Å². The second-order valence-corrected chi connectivity index (χ2v) is 6.48. The molecule has 1 unspecified atom stereocenters. The number of urea groups is 1. The van der Waals surface area contributed by atoms with E-state index in [4.69, 9.17) is 4.52 Å². The van der Waals surface area contributed by atoms with Gasteiger partial charge in [-0.3, -0.25) is 9.69 Å². The van der Waals surface area contributed by atoms with E-state index in [9.17, 15) is 22.8 Å². The van der Waals surface area contributed by atoms with Crippen molar-refractivity contribution in [2.45, 2.75) is 18.3 Å². The number of carbonyl (C=O) groups is 2. The zero-order valence-electron chi connectivity index (χ0n) is 14.8. The molecule has 1 aromatic heterocycles. The molecular formula is C20H14F3N3O3. The van der Waals surface area contributed by atoms with Gasteiger partial charge in [0.25, 0.3) is 5.91 Å². The van der Waals surface area contributed by atoms with E-state index >= 15 is 0 Å². The first kappa shape index (κ1) is 18.7. The van der Waals surface area contributed by atoms with Crippen LogP contribution in [0.3, 0.4) is 0 Å². The van der Waals surface area contributed by atoms with Crippen LogP contribution in [0.2, 0.25) is 0 Å². The zero-order chi connectivity index (χ0) is 20.6. The van der Waals surface area contributed by atoms with E-state index in [1.807, 2.05) is 11.4 Å². The molecule has 1 aliphatic heterocycles. The Bertz CT molecular complexity index is 1050. The van der Waals surface area contributed by atoms with Crippen molar-refractivity contribution in [2.24, 2.45) is 0 Å². The predicted molar refractivity (Wildman–Crippen MR) is 95.2 cm³/mol. The zero-order valence-corrected chi connectivity index (χ0v) is 14.8. The highest BCUT2D eigenvalue weighted by molar-refractivity contribution is 6.08. The number of rotatable bonds is 4. The summed E-state index contributed by atoms with van der Waals surface area (Å²) in [4.78, 5) is 25.6. The lowest BCUT2D eigenvalue weighted by Crippen LogP contribution is -2.55. The lowest BCUT2D eigenvalue weighted by Gasteiger charge is -2.29. The van der Waals surface area contributed by atoms with Crippen molar-refractivity contribution in [1.82, 2.24) is 15.4 Å². The van der Waals surface area contributed by atoms with Crippen molar-refractivity contribution in [2.75, 3.05) is 0 Å². The molecule has 6 nitrogen and oxygen atoms in total. The van der Waals surface area contributed by atoms with Crippen molar-refractivity contribution >= 4 is 11.9 Å². The summed E-state index contributed by atoms with van der Waals surface area (Å²) in [5.74, 6) is -1.34. The molecule has 0 saturated carbocycles. The minimum absolute atomic E-state index is 0.0818. The number of hydrogen-bond acceptors (Lipinski definition) is 4. The Morgan fingerprint density at radius 3 is 2.24 bits per heavy atom. The van der Waals surface area contributed by atoms with Gasteiger partial charge in [0.2, 0.25) is 5.54 Å². The molecule has 0 radical (unpaired) electrons.